The molecule has 0 saturated heterocycles. The van der Waals surface area contributed by atoms with Gasteiger partial charge in [0.2, 0.25) is 0 Å². The van der Waals surface area contributed by atoms with Crippen molar-refractivity contribution < 1.29 is 17.9 Å². The lowest BCUT2D eigenvalue weighted by atomic mass is 10.1. The topological polar surface area (TPSA) is 53.1 Å². The zero-order chi connectivity index (χ0) is 13.1. The third-order valence-corrected chi connectivity index (χ3v) is 2.74. The summed E-state index contributed by atoms with van der Waals surface area (Å²) in [6.07, 6.45) is -2.41. The van der Waals surface area contributed by atoms with E-state index in [1.165, 1.54) is 0 Å². The Morgan fingerprint density at radius 3 is 2.71 bits per heavy atom. The van der Waals surface area contributed by atoms with Crippen LogP contribution in [0.4, 0.5) is 13.2 Å². The molecule has 0 radical (unpaired) electrons. The number of hydrogen-bond acceptors (Lipinski definition) is 3. The van der Waals surface area contributed by atoms with Gasteiger partial charge in [-0.15, -0.1) is 0 Å². The van der Waals surface area contributed by atoms with Crippen LogP contribution in [-0.4, -0.2) is 29.2 Å². The molecular formula is C9H13BrF3N3O. The second kappa shape index (κ2) is 5.83. The van der Waals surface area contributed by atoms with Crippen LogP contribution in [-0.2, 0) is 11.8 Å². The minimum Gasteiger partial charge on any atom is -0.372 e. The fourth-order valence-corrected chi connectivity index (χ4v) is 2.01. The van der Waals surface area contributed by atoms with E-state index in [1.54, 1.807) is 17.9 Å². The Hall–Kier alpha value is -0.600. The molecule has 8 heteroatoms. The van der Waals surface area contributed by atoms with Crippen molar-refractivity contribution in [3.8, 4) is 0 Å². The molecular weight excluding hydrogens is 303 g/mol. The van der Waals surface area contributed by atoms with Crippen LogP contribution >= 0.6 is 15.9 Å². The highest BCUT2D eigenvalue weighted by atomic mass is 79.9. The molecule has 1 atom stereocenters. The maximum Gasteiger partial charge on any atom is 0.411 e. The summed E-state index contributed by atoms with van der Waals surface area (Å²) in [5.41, 5.74) is 6.58. The predicted octanol–water partition coefficient (Wildman–Crippen LogP) is 2.15. The van der Waals surface area contributed by atoms with Crippen molar-refractivity contribution in [3.05, 3.63) is 16.4 Å². The molecule has 0 saturated carbocycles. The molecule has 0 fully saturated rings. The van der Waals surface area contributed by atoms with Crippen LogP contribution in [0.5, 0.6) is 0 Å². The zero-order valence-electron chi connectivity index (χ0n) is 9.17. The van der Waals surface area contributed by atoms with E-state index < -0.39 is 18.8 Å². The SMILES string of the molecule is Cn1ncc(Br)c1C(N)CCOCC(F)(F)F. The normalized spacial score (nSPS) is 14.0. The predicted molar refractivity (Wildman–Crippen MR) is 59.3 cm³/mol. The Balaban J connectivity index is 2.38. The van der Waals surface area contributed by atoms with Gasteiger partial charge in [-0.25, -0.2) is 0 Å². The molecule has 0 bridgehead atoms. The van der Waals surface area contributed by atoms with Gasteiger partial charge in [0.05, 0.1) is 22.4 Å². The van der Waals surface area contributed by atoms with Crippen molar-refractivity contribution in [3.63, 3.8) is 0 Å². The van der Waals surface area contributed by atoms with Gasteiger partial charge in [0.25, 0.3) is 0 Å². The van der Waals surface area contributed by atoms with E-state index in [0.29, 0.717) is 6.42 Å². The minimum atomic E-state index is -4.29. The summed E-state index contributed by atoms with van der Waals surface area (Å²) in [4.78, 5) is 0. The van der Waals surface area contributed by atoms with Crippen molar-refractivity contribution in [1.29, 1.82) is 0 Å². The lowest BCUT2D eigenvalue weighted by molar-refractivity contribution is -0.174. The molecule has 0 aliphatic rings. The van der Waals surface area contributed by atoms with Crippen LogP contribution in [0.25, 0.3) is 0 Å². The van der Waals surface area contributed by atoms with Crippen LogP contribution in [0.15, 0.2) is 10.7 Å². The third kappa shape index (κ3) is 4.64. The fraction of sp³-hybridized carbons (Fsp3) is 0.667. The Kier molecular flexibility index (Phi) is 4.96. The van der Waals surface area contributed by atoms with Crippen LogP contribution in [0.2, 0.25) is 0 Å². The molecule has 0 amide bonds. The lowest BCUT2D eigenvalue weighted by Crippen LogP contribution is -2.21. The van der Waals surface area contributed by atoms with E-state index in [0.717, 1.165) is 10.2 Å². The van der Waals surface area contributed by atoms with Crippen LogP contribution in [0, 0.1) is 0 Å². The zero-order valence-corrected chi connectivity index (χ0v) is 10.8. The van der Waals surface area contributed by atoms with E-state index in [9.17, 15) is 13.2 Å². The average molecular weight is 316 g/mol. The van der Waals surface area contributed by atoms with E-state index in [1.807, 2.05) is 0 Å². The number of aryl methyl sites for hydroxylation is 1. The summed E-state index contributed by atoms with van der Waals surface area (Å²) >= 11 is 3.27. The molecule has 17 heavy (non-hydrogen) atoms. The highest BCUT2D eigenvalue weighted by Gasteiger charge is 2.27. The molecule has 1 aromatic rings. The van der Waals surface area contributed by atoms with Gasteiger partial charge in [0.1, 0.15) is 6.61 Å². The number of ether oxygens (including phenoxy) is 1. The first-order valence-corrected chi connectivity index (χ1v) is 5.68. The minimum absolute atomic E-state index is 0.0434. The van der Waals surface area contributed by atoms with E-state index in [4.69, 9.17) is 5.73 Å². The summed E-state index contributed by atoms with van der Waals surface area (Å²) < 4.78 is 42.2. The van der Waals surface area contributed by atoms with Gasteiger partial charge in [0.15, 0.2) is 0 Å². The van der Waals surface area contributed by atoms with Crippen molar-refractivity contribution in [2.75, 3.05) is 13.2 Å². The number of rotatable bonds is 5. The molecule has 0 aromatic carbocycles. The largest absolute Gasteiger partial charge is 0.411 e. The molecule has 4 nitrogen and oxygen atoms in total. The maximum absolute atomic E-state index is 11.8. The molecule has 98 valence electrons. The van der Waals surface area contributed by atoms with Gasteiger partial charge in [0, 0.05) is 13.7 Å². The number of hydrogen-bond donors (Lipinski definition) is 1. The Morgan fingerprint density at radius 2 is 2.24 bits per heavy atom. The number of halogens is 4. The molecule has 0 aliphatic carbocycles. The van der Waals surface area contributed by atoms with Crippen LogP contribution < -0.4 is 5.73 Å². The van der Waals surface area contributed by atoms with Gasteiger partial charge in [-0.2, -0.15) is 18.3 Å². The van der Waals surface area contributed by atoms with Gasteiger partial charge in [-0.1, -0.05) is 0 Å². The average Bonchev–Trinajstić information content (AvgIpc) is 2.52. The second-order valence-electron chi connectivity index (χ2n) is 3.56. The Bertz CT molecular complexity index is 347. The van der Waals surface area contributed by atoms with Gasteiger partial charge in [-0.05, 0) is 22.4 Å². The first-order chi connectivity index (χ1) is 7.81. The summed E-state index contributed by atoms with van der Waals surface area (Å²) in [6, 6.07) is -0.412. The standard InChI is InChI=1S/C9H13BrF3N3O/c1-16-8(6(10)4-15-16)7(14)2-3-17-5-9(11,12)13/h4,7H,2-3,5,14H2,1H3. The molecule has 1 rings (SSSR count). The highest BCUT2D eigenvalue weighted by molar-refractivity contribution is 9.10. The summed E-state index contributed by atoms with van der Waals surface area (Å²) in [5.74, 6) is 0. The molecule has 0 aliphatic heterocycles. The Labute approximate surface area is 105 Å². The number of nitrogens with two attached hydrogens (primary N) is 1. The van der Waals surface area contributed by atoms with E-state index >= 15 is 0 Å². The van der Waals surface area contributed by atoms with Gasteiger partial charge >= 0.3 is 6.18 Å². The van der Waals surface area contributed by atoms with Crippen molar-refractivity contribution >= 4 is 15.9 Å². The molecule has 1 unspecified atom stereocenters. The Morgan fingerprint density at radius 1 is 1.59 bits per heavy atom. The summed E-state index contributed by atoms with van der Waals surface area (Å²) in [6.45, 7) is -1.29. The van der Waals surface area contributed by atoms with Gasteiger partial charge < -0.3 is 10.5 Å². The second-order valence-corrected chi connectivity index (χ2v) is 4.42. The molecule has 2 N–H and O–H groups in total. The van der Waals surface area contributed by atoms with E-state index in [2.05, 4.69) is 25.8 Å². The quantitative estimate of drug-likeness (QED) is 0.847. The van der Waals surface area contributed by atoms with Crippen LogP contribution in [0.1, 0.15) is 18.2 Å². The molecule has 0 spiro atoms. The fourth-order valence-electron chi connectivity index (χ4n) is 1.37. The number of nitrogens with zero attached hydrogens (tertiary/aromatic N) is 2. The first kappa shape index (κ1) is 14.5. The van der Waals surface area contributed by atoms with Gasteiger partial charge in [-0.3, -0.25) is 4.68 Å². The van der Waals surface area contributed by atoms with Crippen molar-refractivity contribution in [2.24, 2.45) is 12.8 Å². The molecule has 1 heterocycles. The first-order valence-electron chi connectivity index (χ1n) is 4.88. The monoisotopic (exact) mass is 315 g/mol. The van der Waals surface area contributed by atoms with Crippen molar-refractivity contribution in [2.45, 2.75) is 18.6 Å². The molecule has 1 aromatic heterocycles. The lowest BCUT2D eigenvalue weighted by Gasteiger charge is -2.13. The summed E-state index contributed by atoms with van der Waals surface area (Å²) in [7, 11) is 1.72. The number of alkyl halides is 3. The third-order valence-electron chi connectivity index (χ3n) is 2.13. The highest BCUT2D eigenvalue weighted by Crippen LogP contribution is 2.23. The van der Waals surface area contributed by atoms with E-state index in [-0.39, 0.29) is 6.61 Å². The maximum atomic E-state index is 11.8. The van der Waals surface area contributed by atoms with Crippen LogP contribution in [0.3, 0.4) is 0 Å². The van der Waals surface area contributed by atoms with Crippen molar-refractivity contribution in [1.82, 2.24) is 9.78 Å². The number of aromatic nitrogens is 2. The smallest absolute Gasteiger partial charge is 0.372 e. The summed E-state index contributed by atoms with van der Waals surface area (Å²) in [5, 5.41) is 3.97.